The minimum Gasteiger partial charge on any atom is -0.495 e. The summed E-state index contributed by atoms with van der Waals surface area (Å²) in [6.45, 7) is 2.07. The molecular weight excluding hydrogens is 190 g/mol. The number of benzene rings is 1. The molecule has 1 aliphatic rings. The second kappa shape index (κ2) is 3.93. The van der Waals surface area contributed by atoms with Gasteiger partial charge in [-0.15, -0.1) is 0 Å². The Bertz CT molecular complexity index is 376. The first-order chi connectivity index (χ1) is 7.24. The second-order valence-electron chi connectivity index (χ2n) is 3.82. The van der Waals surface area contributed by atoms with E-state index in [0.29, 0.717) is 6.42 Å². The lowest BCUT2D eigenvalue weighted by Gasteiger charge is -2.23. The Hall–Kier alpha value is -1.51. The van der Waals surface area contributed by atoms with Crippen LogP contribution in [0.15, 0.2) is 24.3 Å². The Morgan fingerprint density at radius 2 is 2.13 bits per heavy atom. The molecule has 2 rings (SSSR count). The highest BCUT2D eigenvalue weighted by Crippen LogP contribution is 2.33. The summed E-state index contributed by atoms with van der Waals surface area (Å²) < 4.78 is 5.26. The van der Waals surface area contributed by atoms with Crippen LogP contribution in [0.3, 0.4) is 0 Å². The molecule has 1 amide bonds. The zero-order valence-corrected chi connectivity index (χ0v) is 9.06. The van der Waals surface area contributed by atoms with Crippen LogP contribution in [-0.4, -0.2) is 19.1 Å². The smallest absolute Gasteiger partial charge is 0.227 e. The number of nitrogens with zero attached hydrogens (tertiary/aromatic N) is 1. The van der Waals surface area contributed by atoms with Crippen molar-refractivity contribution >= 4 is 11.6 Å². The average molecular weight is 205 g/mol. The summed E-state index contributed by atoms with van der Waals surface area (Å²) in [4.78, 5) is 13.6. The lowest BCUT2D eigenvalue weighted by molar-refractivity contribution is -0.117. The van der Waals surface area contributed by atoms with E-state index in [1.807, 2.05) is 29.2 Å². The van der Waals surface area contributed by atoms with E-state index in [1.54, 1.807) is 7.11 Å². The van der Waals surface area contributed by atoms with Crippen LogP contribution in [-0.2, 0) is 4.79 Å². The molecule has 1 heterocycles. The second-order valence-corrected chi connectivity index (χ2v) is 3.82. The third-order valence-corrected chi connectivity index (χ3v) is 2.83. The largest absolute Gasteiger partial charge is 0.495 e. The normalized spacial score (nSPS) is 20.8. The first-order valence-electron chi connectivity index (χ1n) is 5.19. The summed E-state index contributed by atoms with van der Waals surface area (Å²) in [6, 6.07) is 7.92. The van der Waals surface area contributed by atoms with Crippen LogP contribution in [0.2, 0.25) is 0 Å². The van der Waals surface area contributed by atoms with E-state index < -0.39 is 0 Å². The zero-order valence-electron chi connectivity index (χ0n) is 9.06. The molecule has 1 atom stereocenters. The van der Waals surface area contributed by atoms with E-state index in [0.717, 1.165) is 17.9 Å². The number of ether oxygens (including phenoxy) is 1. The van der Waals surface area contributed by atoms with Gasteiger partial charge >= 0.3 is 0 Å². The molecule has 3 nitrogen and oxygen atoms in total. The maximum Gasteiger partial charge on any atom is 0.227 e. The number of hydrogen-bond donors (Lipinski definition) is 0. The molecule has 1 aliphatic heterocycles. The fourth-order valence-electron chi connectivity index (χ4n) is 2.03. The van der Waals surface area contributed by atoms with E-state index in [-0.39, 0.29) is 11.9 Å². The Morgan fingerprint density at radius 1 is 1.40 bits per heavy atom. The molecule has 0 bridgehead atoms. The first-order valence-corrected chi connectivity index (χ1v) is 5.19. The van der Waals surface area contributed by atoms with Crippen LogP contribution in [0, 0.1) is 0 Å². The maximum absolute atomic E-state index is 11.7. The van der Waals surface area contributed by atoms with E-state index in [2.05, 4.69) is 6.92 Å². The van der Waals surface area contributed by atoms with Gasteiger partial charge in [0.2, 0.25) is 5.91 Å². The number of hydrogen-bond acceptors (Lipinski definition) is 2. The van der Waals surface area contributed by atoms with Crippen molar-refractivity contribution in [1.29, 1.82) is 0 Å². The third-order valence-electron chi connectivity index (χ3n) is 2.83. The van der Waals surface area contributed by atoms with Crippen LogP contribution >= 0.6 is 0 Å². The molecule has 1 fully saturated rings. The van der Waals surface area contributed by atoms with Gasteiger partial charge < -0.3 is 9.64 Å². The van der Waals surface area contributed by atoms with Crippen molar-refractivity contribution in [3.63, 3.8) is 0 Å². The van der Waals surface area contributed by atoms with Crippen LogP contribution in [0.1, 0.15) is 19.8 Å². The molecule has 15 heavy (non-hydrogen) atoms. The summed E-state index contributed by atoms with van der Waals surface area (Å²) in [5, 5.41) is 0. The van der Waals surface area contributed by atoms with E-state index >= 15 is 0 Å². The average Bonchev–Trinajstić information content (AvgIpc) is 2.59. The van der Waals surface area contributed by atoms with Crippen LogP contribution < -0.4 is 9.64 Å². The van der Waals surface area contributed by atoms with Gasteiger partial charge in [0.05, 0.1) is 12.8 Å². The Balaban J connectivity index is 2.39. The molecule has 0 aliphatic carbocycles. The standard InChI is InChI=1S/C12H15NO2/c1-9-7-8-12(14)13(9)10-5-3-4-6-11(10)15-2/h3-6,9H,7-8H2,1-2H3. The van der Waals surface area contributed by atoms with Gasteiger partial charge in [-0.3, -0.25) is 4.79 Å². The number of anilines is 1. The van der Waals surface area contributed by atoms with Gasteiger partial charge in [0.25, 0.3) is 0 Å². The molecular formula is C12H15NO2. The molecule has 0 saturated carbocycles. The van der Waals surface area contributed by atoms with Crippen molar-refractivity contribution < 1.29 is 9.53 Å². The van der Waals surface area contributed by atoms with Crippen LogP contribution in [0.25, 0.3) is 0 Å². The highest BCUT2D eigenvalue weighted by atomic mass is 16.5. The molecule has 1 saturated heterocycles. The van der Waals surface area contributed by atoms with Crippen molar-refractivity contribution in [1.82, 2.24) is 0 Å². The van der Waals surface area contributed by atoms with Gasteiger partial charge in [0.1, 0.15) is 5.75 Å². The Morgan fingerprint density at radius 3 is 2.73 bits per heavy atom. The van der Waals surface area contributed by atoms with E-state index in [4.69, 9.17) is 4.74 Å². The quantitative estimate of drug-likeness (QED) is 0.740. The Labute approximate surface area is 89.7 Å². The molecule has 0 N–H and O–H groups in total. The minimum atomic E-state index is 0.187. The zero-order chi connectivity index (χ0) is 10.8. The fourth-order valence-corrected chi connectivity index (χ4v) is 2.03. The monoisotopic (exact) mass is 205 g/mol. The highest BCUT2D eigenvalue weighted by Gasteiger charge is 2.30. The molecule has 80 valence electrons. The van der Waals surface area contributed by atoms with Gasteiger partial charge in [-0.2, -0.15) is 0 Å². The predicted molar refractivity (Wildman–Crippen MR) is 59.2 cm³/mol. The minimum absolute atomic E-state index is 0.187. The van der Waals surface area contributed by atoms with Crippen LogP contribution in [0.5, 0.6) is 5.75 Å². The highest BCUT2D eigenvalue weighted by molar-refractivity contribution is 5.97. The summed E-state index contributed by atoms with van der Waals surface area (Å²) in [7, 11) is 1.63. The number of para-hydroxylation sites is 2. The molecule has 1 unspecified atom stereocenters. The topological polar surface area (TPSA) is 29.5 Å². The number of carbonyl (C=O) groups is 1. The van der Waals surface area contributed by atoms with E-state index in [1.165, 1.54) is 0 Å². The molecule has 0 radical (unpaired) electrons. The lowest BCUT2D eigenvalue weighted by atomic mass is 10.2. The SMILES string of the molecule is COc1ccccc1N1C(=O)CCC1C. The number of carbonyl (C=O) groups excluding carboxylic acids is 1. The fraction of sp³-hybridized carbons (Fsp3) is 0.417. The van der Waals surface area contributed by atoms with Gasteiger partial charge in [-0.1, -0.05) is 12.1 Å². The molecule has 0 spiro atoms. The maximum atomic E-state index is 11.7. The summed E-state index contributed by atoms with van der Waals surface area (Å²) in [5.74, 6) is 0.951. The van der Waals surface area contributed by atoms with Crippen molar-refractivity contribution in [3.05, 3.63) is 24.3 Å². The number of amides is 1. The van der Waals surface area contributed by atoms with Gasteiger partial charge in [-0.05, 0) is 25.5 Å². The molecule has 1 aromatic rings. The van der Waals surface area contributed by atoms with Crippen molar-refractivity contribution in [2.45, 2.75) is 25.8 Å². The Kier molecular flexibility index (Phi) is 2.62. The van der Waals surface area contributed by atoms with Crippen molar-refractivity contribution in [2.75, 3.05) is 12.0 Å². The van der Waals surface area contributed by atoms with E-state index in [9.17, 15) is 4.79 Å². The summed E-state index contributed by atoms with van der Waals surface area (Å²) >= 11 is 0. The summed E-state index contributed by atoms with van der Waals surface area (Å²) in [5.41, 5.74) is 0.884. The third kappa shape index (κ3) is 1.69. The first kappa shape index (κ1) is 10.0. The van der Waals surface area contributed by atoms with Crippen LogP contribution in [0.4, 0.5) is 5.69 Å². The lowest BCUT2D eigenvalue weighted by Crippen LogP contribution is -2.30. The summed E-state index contributed by atoms with van der Waals surface area (Å²) in [6.07, 6.45) is 1.57. The predicted octanol–water partition coefficient (Wildman–Crippen LogP) is 2.21. The van der Waals surface area contributed by atoms with Gasteiger partial charge in [0, 0.05) is 12.5 Å². The molecule has 0 aromatic heterocycles. The van der Waals surface area contributed by atoms with Gasteiger partial charge in [-0.25, -0.2) is 0 Å². The number of methoxy groups -OCH3 is 1. The molecule has 1 aromatic carbocycles. The molecule has 3 heteroatoms. The number of rotatable bonds is 2. The van der Waals surface area contributed by atoms with Crippen molar-refractivity contribution in [3.8, 4) is 5.75 Å². The van der Waals surface area contributed by atoms with Crippen molar-refractivity contribution in [2.24, 2.45) is 0 Å². The van der Waals surface area contributed by atoms with Gasteiger partial charge in [0.15, 0.2) is 0 Å².